The third-order valence-corrected chi connectivity index (χ3v) is 8.20. The first kappa shape index (κ1) is 28.1. The lowest BCUT2D eigenvalue weighted by Gasteiger charge is -2.38. The van der Waals surface area contributed by atoms with Gasteiger partial charge in [-0.3, -0.25) is 24.0 Å². The molecule has 1 heterocycles. The van der Waals surface area contributed by atoms with E-state index in [-0.39, 0.29) is 35.0 Å². The van der Waals surface area contributed by atoms with Crippen LogP contribution in [0.15, 0.2) is 0 Å². The Bertz CT molecular complexity index is 931. The van der Waals surface area contributed by atoms with E-state index in [4.69, 9.17) is 0 Å². The molecule has 0 bridgehead atoms. The Kier molecular flexibility index (Phi) is 7.64. The second-order valence-electron chi connectivity index (χ2n) is 13.2. The number of hydrogen-bond donors (Lipinski definition) is 2. The average Bonchev–Trinajstić information content (AvgIpc) is 3.61. The van der Waals surface area contributed by atoms with Crippen molar-refractivity contribution in [2.24, 2.45) is 34.5 Å². The molecule has 202 valence electrons. The SMILES string of the molecule is CC(C)C(=O)N[C@H](C(=O)N1CC2C(C1C(=O)NC(CC1CC1)C(=O)C(=O)N(C)C)C2(C)C)C(C)(C)C. The molecule has 0 aromatic heterocycles. The molecule has 3 fully saturated rings. The number of nitrogens with zero attached hydrogens (tertiary/aromatic N) is 2. The van der Waals surface area contributed by atoms with Crippen molar-refractivity contribution >= 4 is 29.4 Å². The van der Waals surface area contributed by atoms with Gasteiger partial charge in [0.15, 0.2) is 0 Å². The largest absolute Gasteiger partial charge is 0.344 e. The summed E-state index contributed by atoms with van der Waals surface area (Å²) in [5.74, 6) is -2.00. The molecule has 0 spiro atoms. The zero-order valence-electron chi connectivity index (χ0n) is 23.3. The van der Waals surface area contributed by atoms with Gasteiger partial charge in [-0.15, -0.1) is 0 Å². The van der Waals surface area contributed by atoms with Crippen molar-refractivity contribution in [1.82, 2.24) is 20.4 Å². The topological polar surface area (TPSA) is 116 Å². The quantitative estimate of drug-likeness (QED) is 0.463. The number of amides is 4. The van der Waals surface area contributed by atoms with Gasteiger partial charge in [-0.2, -0.15) is 0 Å². The van der Waals surface area contributed by atoms with E-state index in [0.29, 0.717) is 18.9 Å². The molecule has 4 unspecified atom stereocenters. The van der Waals surface area contributed by atoms with Gasteiger partial charge in [0.1, 0.15) is 12.1 Å². The number of hydrogen-bond acceptors (Lipinski definition) is 5. The van der Waals surface area contributed by atoms with E-state index in [1.54, 1.807) is 18.7 Å². The van der Waals surface area contributed by atoms with Gasteiger partial charge in [-0.05, 0) is 35.0 Å². The molecule has 4 amide bonds. The van der Waals surface area contributed by atoms with E-state index in [2.05, 4.69) is 24.5 Å². The fourth-order valence-corrected chi connectivity index (χ4v) is 5.48. The zero-order chi connectivity index (χ0) is 27.3. The highest BCUT2D eigenvalue weighted by molar-refractivity contribution is 6.38. The Morgan fingerprint density at radius 3 is 2.08 bits per heavy atom. The molecule has 1 saturated heterocycles. The van der Waals surface area contributed by atoms with Crippen molar-refractivity contribution < 1.29 is 24.0 Å². The standard InChI is InChI=1S/C27H44N4O5/c1-14(2)22(33)29-21(26(3,4)5)25(36)31-13-16-18(27(16,6)7)19(31)23(34)28-17(12-15-10-11-15)20(32)24(35)30(8)9/h14-19,21H,10-13H2,1-9H3,(H,28,34)(H,29,33)/t16?,17?,18?,19?,21-/m1/s1. The van der Waals surface area contributed by atoms with Gasteiger partial charge in [0.05, 0.1) is 6.04 Å². The number of rotatable bonds is 9. The lowest BCUT2D eigenvalue weighted by molar-refractivity contribution is -0.148. The van der Waals surface area contributed by atoms with E-state index in [1.165, 1.54) is 19.0 Å². The van der Waals surface area contributed by atoms with E-state index in [1.807, 2.05) is 20.8 Å². The molecule has 2 aliphatic carbocycles. The van der Waals surface area contributed by atoms with Crippen LogP contribution in [0.4, 0.5) is 0 Å². The first-order chi connectivity index (χ1) is 16.5. The number of Topliss-reactive ketones (excluding diaryl/α,β-unsaturated/α-hetero) is 1. The van der Waals surface area contributed by atoms with Gasteiger partial charge in [-0.25, -0.2) is 0 Å². The lowest BCUT2D eigenvalue weighted by atomic mass is 9.84. The highest BCUT2D eigenvalue weighted by atomic mass is 16.2. The molecule has 36 heavy (non-hydrogen) atoms. The van der Waals surface area contributed by atoms with Crippen LogP contribution in [-0.2, 0) is 24.0 Å². The molecule has 9 heteroatoms. The van der Waals surface area contributed by atoms with Crippen molar-refractivity contribution in [2.75, 3.05) is 20.6 Å². The Balaban J connectivity index is 1.85. The molecule has 0 aromatic rings. The summed E-state index contributed by atoms with van der Waals surface area (Å²) in [5, 5.41) is 5.76. The van der Waals surface area contributed by atoms with Gasteiger partial charge < -0.3 is 20.4 Å². The minimum Gasteiger partial charge on any atom is -0.344 e. The van der Waals surface area contributed by atoms with E-state index in [9.17, 15) is 24.0 Å². The van der Waals surface area contributed by atoms with E-state index < -0.39 is 41.1 Å². The zero-order valence-corrected chi connectivity index (χ0v) is 23.3. The van der Waals surface area contributed by atoms with Gasteiger partial charge in [0, 0.05) is 26.6 Å². The predicted octanol–water partition coefficient (Wildman–Crippen LogP) is 1.60. The fraction of sp³-hybridized carbons (Fsp3) is 0.815. The van der Waals surface area contributed by atoms with Crippen molar-refractivity contribution in [1.29, 1.82) is 0 Å². The Hall–Kier alpha value is -2.45. The molecule has 5 atom stereocenters. The van der Waals surface area contributed by atoms with E-state index >= 15 is 0 Å². The highest BCUT2D eigenvalue weighted by Crippen LogP contribution is 2.65. The van der Waals surface area contributed by atoms with Gasteiger partial charge >= 0.3 is 0 Å². The molecule has 1 aliphatic heterocycles. The normalized spacial score (nSPS) is 26.1. The Morgan fingerprint density at radius 1 is 1.03 bits per heavy atom. The summed E-state index contributed by atoms with van der Waals surface area (Å²) in [4.78, 5) is 68.3. The summed E-state index contributed by atoms with van der Waals surface area (Å²) >= 11 is 0. The van der Waals surface area contributed by atoms with Crippen LogP contribution < -0.4 is 10.6 Å². The second-order valence-corrected chi connectivity index (χ2v) is 13.2. The van der Waals surface area contributed by atoms with Gasteiger partial charge in [0.2, 0.25) is 23.5 Å². The minimum atomic E-state index is -0.906. The number of likely N-dealkylation sites (tertiary alicyclic amines) is 1. The molecule has 0 radical (unpaired) electrons. The summed E-state index contributed by atoms with van der Waals surface area (Å²) in [5.41, 5.74) is -0.666. The number of carbonyl (C=O) groups is 5. The molecule has 9 nitrogen and oxygen atoms in total. The third kappa shape index (κ3) is 5.59. The number of nitrogens with one attached hydrogen (secondary N) is 2. The Morgan fingerprint density at radius 2 is 1.61 bits per heavy atom. The maximum absolute atomic E-state index is 13.9. The van der Waals surface area contributed by atoms with Crippen molar-refractivity contribution in [3.63, 3.8) is 0 Å². The number of ketones is 1. The molecular formula is C27H44N4O5. The van der Waals surface area contributed by atoms with Crippen LogP contribution in [0.1, 0.15) is 67.7 Å². The first-order valence-electron chi connectivity index (χ1n) is 13.1. The minimum absolute atomic E-state index is 0.0379. The number of likely N-dealkylation sites (N-methyl/N-ethyl adjacent to an activating group) is 1. The maximum atomic E-state index is 13.9. The van der Waals surface area contributed by atoms with Gasteiger partial charge in [-0.1, -0.05) is 61.3 Å². The molecular weight excluding hydrogens is 460 g/mol. The van der Waals surface area contributed by atoms with Crippen molar-refractivity contribution in [3.8, 4) is 0 Å². The second kappa shape index (κ2) is 9.78. The molecule has 3 rings (SSSR count). The maximum Gasteiger partial charge on any atom is 0.291 e. The van der Waals surface area contributed by atoms with Crippen molar-refractivity contribution in [2.45, 2.75) is 85.9 Å². The smallest absolute Gasteiger partial charge is 0.291 e. The van der Waals surface area contributed by atoms with Crippen LogP contribution in [0.5, 0.6) is 0 Å². The van der Waals surface area contributed by atoms with E-state index in [0.717, 1.165) is 12.8 Å². The lowest BCUT2D eigenvalue weighted by Crippen LogP contribution is -2.60. The average molecular weight is 505 g/mol. The number of fused-ring (bicyclic) bond motifs is 1. The summed E-state index contributed by atoms with van der Waals surface area (Å²) < 4.78 is 0. The molecule has 2 N–H and O–H groups in total. The first-order valence-corrected chi connectivity index (χ1v) is 13.1. The molecule has 2 saturated carbocycles. The van der Waals surface area contributed by atoms with Crippen LogP contribution in [0, 0.1) is 34.5 Å². The summed E-state index contributed by atoms with van der Waals surface area (Å²) in [6.07, 6.45) is 2.38. The van der Waals surface area contributed by atoms with Crippen LogP contribution in [0.3, 0.4) is 0 Å². The number of carbonyl (C=O) groups excluding carboxylic acids is 5. The Labute approximate surface area is 215 Å². The third-order valence-electron chi connectivity index (χ3n) is 8.20. The fourth-order valence-electron chi connectivity index (χ4n) is 5.48. The molecule has 3 aliphatic rings. The van der Waals surface area contributed by atoms with Gasteiger partial charge in [0.25, 0.3) is 5.91 Å². The highest BCUT2D eigenvalue weighted by Gasteiger charge is 2.70. The van der Waals surface area contributed by atoms with Crippen LogP contribution in [-0.4, -0.2) is 78.0 Å². The van der Waals surface area contributed by atoms with Crippen LogP contribution in [0.2, 0.25) is 0 Å². The number of piperidine rings is 1. The monoisotopic (exact) mass is 504 g/mol. The summed E-state index contributed by atoms with van der Waals surface area (Å²) in [6, 6.07) is -2.44. The van der Waals surface area contributed by atoms with Crippen LogP contribution >= 0.6 is 0 Å². The predicted molar refractivity (Wildman–Crippen MR) is 135 cm³/mol. The summed E-state index contributed by atoms with van der Waals surface area (Å²) in [7, 11) is 3.03. The summed E-state index contributed by atoms with van der Waals surface area (Å²) in [6.45, 7) is 13.8. The van der Waals surface area contributed by atoms with Crippen LogP contribution in [0.25, 0.3) is 0 Å². The molecule has 0 aromatic carbocycles. The van der Waals surface area contributed by atoms with Crippen molar-refractivity contribution in [3.05, 3.63) is 0 Å².